The number of rotatable bonds is 4. The van der Waals surface area contributed by atoms with Gasteiger partial charge in [-0.05, 0) is 44.4 Å². The first kappa shape index (κ1) is 11.9. The minimum Gasteiger partial charge on any atom is -0.300 e. The highest BCUT2D eigenvalue weighted by Gasteiger charge is 2.27. The van der Waals surface area contributed by atoms with E-state index in [0.717, 1.165) is 19.0 Å². The molecule has 0 unspecified atom stereocenters. The van der Waals surface area contributed by atoms with Crippen molar-refractivity contribution in [3.8, 4) is 0 Å². The van der Waals surface area contributed by atoms with Gasteiger partial charge >= 0.3 is 0 Å². The van der Waals surface area contributed by atoms with Crippen LogP contribution in [0.25, 0.3) is 0 Å². The summed E-state index contributed by atoms with van der Waals surface area (Å²) in [4.78, 5) is 6.77. The second-order valence-electron chi connectivity index (χ2n) is 4.90. The molecule has 1 aromatic heterocycles. The van der Waals surface area contributed by atoms with Crippen molar-refractivity contribution in [3.05, 3.63) is 29.6 Å². The van der Waals surface area contributed by atoms with Gasteiger partial charge in [-0.2, -0.15) is 0 Å². The molecule has 2 nitrogen and oxygen atoms in total. The van der Waals surface area contributed by atoms with E-state index in [-0.39, 0.29) is 0 Å². The Hall–Kier alpha value is -0.600. The van der Waals surface area contributed by atoms with Gasteiger partial charge in [0, 0.05) is 24.7 Å². The zero-order valence-corrected chi connectivity index (χ0v) is 10.7. The summed E-state index contributed by atoms with van der Waals surface area (Å²) in [5.74, 6) is 0.788. The third kappa shape index (κ3) is 2.96. The Morgan fingerprint density at radius 3 is 2.88 bits per heavy atom. The Morgan fingerprint density at radius 2 is 2.25 bits per heavy atom. The largest absolute Gasteiger partial charge is 0.300 e. The van der Waals surface area contributed by atoms with Crippen molar-refractivity contribution in [1.82, 2.24) is 9.88 Å². The number of nitrogens with zero attached hydrogens (tertiary/aromatic N) is 2. The van der Waals surface area contributed by atoms with Crippen LogP contribution in [-0.4, -0.2) is 28.9 Å². The van der Waals surface area contributed by atoms with Crippen molar-refractivity contribution < 1.29 is 0 Å². The molecule has 16 heavy (non-hydrogen) atoms. The van der Waals surface area contributed by atoms with Gasteiger partial charge in [-0.25, -0.2) is 0 Å². The molecule has 88 valence electrons. The maximum Gasteiger partial charge on any atom is 0.0572 e. The predicted octanol–water partition coefficient (Wildman–Crippen LogP) is 2.84. The normalized spacial score (nSPS) is 24.5. The summed E-state index contributed by atoms with van der Waals surface area (Å²) >= 11 is 5.98. The van der Waals surface area contributed by atoms with E-state index < -0.39 is 0 Å². The first-order chi connectivity index (χ1) is 7.65. The van der Waals surface area contributed by atoms with Gasteiger partial charge in [-0.1, -0.05) is 6.07 Å². The lowest BCUT2D eigenvalue weighted by atomic mass is 9.84. The Kier molecular flexibility index (Phi) is 3.82. The molecule has 0 bridgehead atoms. The summed E-state index contributed by atoms with van der Waals surface area (Å²) < 4.78 is 0. The average Bonchev–Trinajstić information content (AvgIpc) is 2.19. The molecular weight excluding hydrogens is 220 g/mol. The van der Waals surface area contributed by atoms with E-state index in [1.165, 1.54) is 24.1 Å². The Labute approximate surface area is 103 Å². The van der Waals surface area contributed by atoms with Gasteiger partial charge in [-0.15, -0.1) is 11.6 Å². The highest BCUT2D eigenvalue weighted by Crippen LogP contribution is 2.32. The average molecular weight is 239 g/mol. The lowest BCUT2D eigenvalue weighted by molar-refractivity contribution is 0.202. The Balaban J connectivity index is 1.83. The molecule has 3 heteroatoms. The fourth-order valence-electron chi connectivity index (χ4n) is 2.25. The maximum absolute atomic E-state index is 5.98. The molecule has 0 amide bonds. The van der Waals surface area contributed by atoms with Crippen LogP contribution in [0.1, 0.15) is 24.1 Å². The SMILES string of the molecule is Cc1cccnc1CN(C)CC1CC(Cl)C1. The second-order valence-corrected chi connectivity index (χ2v) is 5.52. The standard InChI is InChI=1S/C13H19ClN2/c1-10-4-3-5-15-13(10)9-16(2)8-11-6-12(14)7-11/h3-5,11-12H,6-9H2,1-2H3. The van der Waals surface area contributed by atoms with Gasteiger partial charge in [-0.3, -0.25) is 4.98 Å². The number of pyridine rings is 1. The monoisotopic (exact) mass is 238 g/mol. The highest BCUT2D eigenvalue weighted by molar-refractivity contribution is 6.21. The van der Waals surface area contributed by atoms with Crippen molar-refractivity contribution in [3.63, 3.8) is 0 Å². The lowest BCUT2D eigenvalue weighted by Gasteiger charge is -2.34. The van der Waals surface area contributed by atoms with E-state index in [9.17, 15) is 0 Å². The van der Waals surface area contributed by atoms with Gasteiger partial charge in [0.05, 0.1) is 5.69 Å². The summed E-state index contributed by atoms with van der Waals surface area (Å²) in [6, 6.07) is 4.11. The van der Waals surface area contributed by atoms with E-state index in [4.69, 9.17) is 11.6 Å². The molecular formula is C13H19ClN2. The van der Waals surface area contributed by atoms with Crippen molar-refractivity contribution >= 4 is 11.6 Å². The lowest BCUT2D eigenvalue weighted by Crippen LogP contribution is -2.34. The van der Waals surface area contributed by atoms with Crippen LogP contribution in [-0.2, 0) is 6.54 Å². The minimum atomic E-state index is 0.426. The highest BCUT2D eigenvalue weighted by atomic mass is 35.5. The molecule has 1 aromatic rings. The van der Waals surface area contributed by atoms with E-state index in [1.54, 1.807) is 0 Å². The van der Waals surface area contributed by atoms with Crippen molar-refractivity contribution in [2.24, 2.45) is 5.92 Å². The fraction of sp³-hybridized carbons (Fsp3) is 0.615. The van der Waals surface area contributed by atoms with E-state index in [1.807, 2.05) is 12.3 Å². The number of alkyl halides is 1. The number of hydrogen-bond donors (Lipinski definition) is 0. The first-order valence-electron chi connectivity index (χ1n) is 5.88. The van der Waals surface area contributed by atoms with Gasteiger partial charge < -0.3 is 4.90 Å². The van der Waals surface area contributed by atoms with Gasteiger partial charge in [0.25, 0.3) is 0 Å². The molecule has 0 N–H and O–H groups in total. The molecule has 1 fully saturated rings. The third-order valence-electron chi connectivity index (χ3n) is 3.29. The zero-order chi connectivity index (χ0) is 11.5. The van der Waals surface area contributed by atoms with Crippen LogP contribution in [0.15, 0.2) is 18.3 Å². The number of halogens is 1. The van der Waals surface area contributed by atoms with Crippen molar-refractivity contribution in [2.75, 3.05) is 13.6 Å². The summed E-state index contributed by atoms with van der Waals surface area (Å²) in [6.45, 7) is 4.20. The molecule has 0 saturated heterocycles. The van der Waals surface area contributed by atoms with Crippen LogP contribution in [0.3, 0.4) is 0 Å². The minimum absolute atomic E-state index is 0.426. The smallest absolute Gasteiger partial charge is 0.0572 e. The van der Waals surface area contributed by atoms with Crippen LogP contribution < -0.4 is 0 Å². The molecule has 1 saturated carbocycles. The summed E-state index contributed by atoms with van der Waals surface area (Å²) in [6.07, 6.45) is 4.22. The van der Waals surface area contributed by atoms with E-state index in [2.05, 4.69) is 29.9 Å². The topological polar surface area (TPSA) is 16.1 Å². The molecule has 0 aliphatic heterocycles. The molecule has 0 spiro atoms. The van der Waals surface area contributed by atoms with Crippen LogP contribution in [0.5, 0.6) is 0 Å². The number of hydrogen-bond acceptors (Lipinski definition) is 2. The van der Waals surface area contributed by atoms with Crippen LogP contribution in [0.4, 0.5) is 0 Å². The van der Waals surface area contributed by atoms with E-state index >= 15 is 0 Å². The molecule has 0 radical (unpaired) electrons. The Bertz CT molecular complexity index is 348. The van der Waals surface area contributed by atoms with E-state index in [0.29, 0.717) is 5.38 Å². The first-order valence-corrected chi connectivity index (χ1v) is 6.32. The van der Waals surface area contributed by atoms with Crippen LogP contribution >= 0.6 is 11.6 Å². The molecule has 0 aromatic carbocycles. The third-order valence-corrected chi connectivity index (χ3v) is 3.64. The van der Waals surface area contributed by atoms with Crippen LogP contribution in [0, 0.1) is 12.8 Å². The van der Waals surface area contributed by atoms with Gasteiger partial charge in [0.15, 0.2) is 0 Å². The van der Waals surface area contributed by atoms with Crippen molar-refractivity contribution in [1.29, 1.82) is 0 Å². The summed E-state index contributed by atoms with van der Waals surface area (Å²) in [5.41, 5.74) is 2.46. The second kappa shape index (κ2) is 5.15. The zero-order valence-electron chi connectivity index (χ0n) is 9.99. The van der Waals surface area contributed by atoms with Crippen LogP contribution in [0.2, 0.25) is 0 Å². The maximum atomic E-state index is 5.98. The van der Waals surface area contributed by atoms with Crippen molar-refractivity contribution in [2.45, 2.75) is 31.7 Å². The summed E-state index contributed by atoms with van der Waals surface area (Å²) in [5, 5.41) is 0.426. The predicted molar refractivity (Wildman–Crippen MR) is 67.7 cm³/mol. The number of aryl methyl sites for hydroxylation is 1. The number of aromatic nitrogens is 1. The summed E-state index contributed by atoms with van der Waals surface area (Å²) in [7, 11) is 2.16. The quantitative estimate of drug-likeness (QED) is 0.750. The molecule has 2 rings (SSSR count). The fourth-order valence-corrected chi connectivity index (χ4v) is 2.75. The van der Waals surface area contributed by atoms with Gasteiger partial charge in [0.1, 0.15) is 0 Å². The van der Waals surface area contributed by atoms with Gasteiger partial charge in [0.2, 0.25) is 0 Å². The molecule has 0 atom stereocenters. The molecule has 1 aliphatic carbocycles. The Morgan fingerprint density at radius 1 is 1.50 bits per heavy atom. The molecule has 1 aliphatic rings. The molecule has 1 heterocycles.